The Morgan fingerprint density at radius 1 is 1.47 bits per heavy atom. The number of methoxy groups -OCH3 is 1. The number of rotatable bonds is 2. The van der Waals surface area contributed by atoms with E-state index < -0.39 is 5.82 Å². The number of benzene rings is 1. The summed E-state index contributed by atoms with van der Waals surface area (Å²) in [5.74, 6) is -0.391. The molecule has 4 heteroatoms. The number of carbonyl (C=O) groups is 1. The predicted octanol–water partition coefficient (Wildman–Crippen LogP) is 2.52. The topological polar surface area (TPSA) is 42.1 Å². The van der Waals surface area contributed by atoms with Crippen LogP contribution in [0.5, 0.6) is 5.75 Å². The fourth-order valence-corrected chi connectivity index (χ4v) is 1.57. The van der Waals surface area contributed by atoms with Crippen molar-refractivity contribution >= 4 is 16.7 Å². The molecule has 78 valence electrons. The molecule has 1 N–H and O–H groups in total. The normalized spacial score (nSPS) is 10.6. The number of nitrogens with one attached hydrogen (secondary N) is 1. The minimum absolute atomic E-state index is 0.0918. The van der Waals surface area contributed by atoms with E-state index in [9.17, 15) is 9.18 Å². The maximum absolute atomic E-state index is 13.4. The van der Waals surface area contributed by atoms with Crippen LogP contribution < -0.4 is 4.74 Å². The molecular formula is C11H10FNO2. The van der Waals surface area contributed by atoms with E-state index in [1.54, 1.807) is 6.20 Å². The molecule has 0 atom stereocenters. The highest BCUT2D eigenvalue weighted by Gasteiger charge is 2.11. The summed E-state index contributed by atoms with van der Waals surface area (Å²) in [6, 6.07) is 2.85. The van der Waals surface area contributed by atoms with E-state index >= 15 is 0 Å². The van der Waals surface area contributed by atoms with Crippen molar-refractivity contribution in [2.45, 2.75) is 6.92 Å². The van der Waals surface area contributed by atoms with Crippen molar-refractivity contribution in [1.82, 2.24) is 4.98 Å². The van der Waals surface area contributed by atoms with Gasteiger partial charge in [0.1, 0.15) is 0 Å². The average molecular weight is 207 g/mol. The van der Waals surface area contributed by atoms with Crippen LogP contribution >= 0.6 is 0 Å². The molecule has 1 aromatic heterocycles. The summed E-state index contributed by atoms with van der Waals surface area (Å²) in [5.41, 5.74) is 1.19. The zero-order valence-corrected chi connectivity index (χ0v) is 8.43. The van der Waals surface area contributed by atoms with E-state index in [0.717, 1.165) is 0 Å². The van der Waals surface area contributed by atoms with Gasteiger partial charge < -0.3 is 9.72 Å². The lowest BCUT2D eigenvalue weighted by molar-refractivity contribution is 0.101. The van der Waals surface area contributed by atoms with Crippen LogP contribution in [0, 0.1) is 5.82 Å². The Hall–Kier alpha value is -1.84. The number of H-pyrrole nitrogens is 1. The highest BCUT2D eigenvalue weighted by molar-refractivity contribution is 6.06. The number of halogens is 1. The number of ether oxygens (including phenoxy) is 1. The molecule has 1 aromatic carbocycles. The van der Waals surface area contributed by atoms with Gasteiger partial charge in [0.2, 0.25) is 0 Å². The van der Waals surface area contributed by atoms with E-state index in [-0.39, 0.29) is 11.5 Å². The predicted molar refractivity (Wildman–Crippen MR) is 54.8 cm³/mol. The molecule has 0 fully saturated rings. The summed E-state index contributed by atoms with van der Waals surface area (Å²) in [5, 5.41) is 0.584. The second kappa shape index (κ2) is 3.38. The molecule has 0 aliphatic rings. The summed E-state index contributed by atoms with van der Waals surface area (Å²) in [6.07, 6.45) is 1.58. The minimum atomic E-state index is -0.466. The van der Waals surface area contributed by atoms with Crippen molar-refractivity contribution in [1.29, 1.82) is 0 Å². The summed E-state index contributed by atoms with van der Waals surface area (Å²) in [4.78, 5) is 14.1. The Morgan fingerprint density at radius 3 is 2.80 bits per heavy atom. The third kappa shape index (κ3) is 1.48. The molecule has 0 saturated heterocycles. The number of fused-ring (bicyclic) bond motifs is 1. The molecular weight excluding hydrogens is 197 g/mol. The first-order chi connectivity index (χ1) is 7.13. The van der Waals surface area contributed by atoms with Gasteiger partial charge in [-0.05, 0) is 13.0 Å². The highest BCUT2D eigenvalue weighted by atomic mass is 19.1. The monoisotopic (exact) mass is 207 g/mol. The maximum Gasteiger partial charge on any atom is 0.165 e. The zero-order chi connectivity index (χ0) is 11.0. The lowest BCUT2D eigenvalue weighted by Crippen LogP contribution is -1.91. The Balaban J connectivity index is 2.73. The van der Waals surface area contributed by atoms with Crippen LogP contribution in [0.1, 0.15) is 17.3 Å². The van der Waals surface area contributed by atoms with Crippen molar-refractivity contribution in [3.8, 4) is 5.75 Å². The van der Waals surface area contributed by atoms with Gasteiger partial charge in [-0.2, -0.15) is 0 Å². The van der Waals surface area contributed by atoms with Crippen LogP contribution in [0.3, 0.4) is 0 Å². The van der Waals surface area contributed by atoms with Crippen LogP contribution in [0.15, 0.2) is 18.3 Å². The van der Waals surface area contributed by atoms with Crippen LogP contribution in [0.25, 0.3) is 10.9 Å². The van der Waals surface area contributed by atoms with E-state index in [0.29, 0.717) is 16.5 Å². The fraction of sp³-hybridized carbons (Fsp3) is 0.182. The van der Waals surface area contributed by atoms with Crippen molar-refractivity contribution in [2.75, 3.05) is 7.11 Å². The first-order valence-corrected chi connectivity index (χ1v) is 4.49. The van der Waals surface area contributed by atoms with Crippen LogP contribution in [0.4, 0.5) is 4.39 Å². The average Bonchev–Trinajstić information content (AvgIpc) is 2.59. The number of hydrogen-bond donors (Lipinski definition) is 1. The lowest BCUT2D eigenvalue weighted by atomic mass is 10.1. The van der Waals surface area contributed by atoms with Crippen molar-refractivity contribution in [3.05, 3.63) is 29.7 Å². The highest BCUT2D eigenvalue weighted by Crippen LogP contribution is 2.26. The lowest BCUT2D eigenvalue weighted by Gasteiger charge is -2.01. The molecule has 1 heterocycles. The van der Waals surface area contributed by atoms with Gasteiger partial charge in [0.15, 0.2) is 17.3 Å². The van der Waals surface area contributed by atoms with Crippen LogP contribution in [-0.2, 0) is 0 Å². The number of Topliss-reactive ketones (excluding diaryl/α,β-unsaturated/α-hetero) is 1. The van der Waals surface area contributed by atoms with Crippen molar-refractivity contribution < 1.29 is 13.9 Å². The SMILES string of the molecule is COc1cc2[nH]cc(C(C)=O)c2cc1F. The number of ketones is 1. The van der Waals surface area contributed by atoms with E-state index in [2.05, 4.69) is 4.98 Å². The molecule has 0 spiro atoms. The van der Waals surface area contributed by atoms with Gasteiger partial charge in [-0.25, -0.2) is 4.39 Å². The zero-order valence-electron chi connectivity index (χ0n) is 8.43. The van der Waals surface area contributed by atoms with E-state index in [1.165, 1.54) is 26.2 Å². The van der Waals surface area contributed by atoms with Gasteiger partial charge in [-0.15, -0.1) is 0 Å². The Labute approximate surface area is 85.9 Å². The molecule has 0 unspecified atom stereocenters. The summed E-state index contributed by atoms with van der Waals surface area (Å²) >= 11 is 0. The number of aromatic nitrogens is 1. The third-order valence-electron chi connectivity index (χ3n) is 2.33. The van der Waals surface area contributed by atoms with E-state index in [4.69, 9.17) is 4.74 Å². The molecule has 0 aliphatic carbocycles. The molecule has 15 heavy (non-hydrogen) atoms. The Bertz CT molecular complexity index is 531. The van der Waals surface area contributed by atoms with Crippen LogP contribution in [0.2, 0.25) is 0 Å². The van der Waals surface area contributed by atoms with Gasteiger partial charge in [0.25, 0.3) is 0 Å². The summed E-state index contributed by atoms with van der Waals surface area (Å²) in [7, 11) is 1.40. The molecule has 0 amide bonds. The molecule has 0 bridgehead atoms. The first-order valence-electron chi connectivity index (χ1n) is 4.49. The van der Waals surface area contributed by atoms with Crippen molar-refractivity contribution in [3.63, 3.8) is 0 Å². The smallest absolute Gasteiger partial charge is 0.165 e. The Kier molecular flexibility index (Phi) is 2.19. The number of hydrogen-bond acceptors (Lipinski definition) is 2. The second-order valence-electron chi connectivity index (χ2n) is 3.29. The standard InChI is InChI=1S/C11H10FNO2/c1-6(14)8-5-13-10-4-11(15-2)9(12)3-7(8)10/h3-5,13H,1-2H3. The molecule has 0 aliphatic heterocycles. The van der Waals surface area contributed by atoms with Gasteiger partial charge in [0.05, 0.1) is 12.6 Å². The maximum atomic E-state index is 13.4. The molecule has 0 radical (unpaired) electrons. The first kappa shape index (κ1) is 9.71. The second-order valence-corrected chi connectivity index (χ2v) is 3.29. The molecule has 2 aromatic rings. The van der Waals surface area contributed by atoms with Gasteiger partial charge in [0, 0.05) is 23.2 Å². The van der Waals surface area contributed by atoms with Crippen molar-refractivity contribution in [2.24, 2.45) is 0 Å². The molecule has 2 rings (SSSR count). The number of aromatic amines is 1. The molecule has 3 nitrogen and oxygen atoms in total. The summed E-state index contributed by atoms with van der Waals surface area (Å²) in [6.45, 7) is 1.45. The van der Waals surface area contributed by atoms with Gasteiger partial charge in [-0.3, -0.25) is 4.79 Å². The van der Waals surface area contributed by atoms with Gasteiger partial charge >= 0.3 is 0 Å². The minimum Gasteiger partial charge on any atom is -0.494 e. The quantitative estimate of drug-likeness (QED) is 0.769. The number of carbonyl (C=O) groups excluding carboxylic acids is 1. The largest absolute Gasteiger partial charge is 0.494 e. The van der Waals surface area contributed by atoms with E-state index in [1.807, 2.05) is 0 Å². The fourth-order valence-electron chi connectivity index (χ4n) is 1.57. The van der Waals surface area contributed by atoms with Gasteiger partial charge in [-0.1, -0.05) is 0 Å². The van der Waals surface area contributed by atoms with Crippen LogP contribution in [-0.4, -0.2) is 17.9 Å². The third-order valence-corrected chi connectivity index (χ3v) is 2.33. The Morgan fingerprint density at radius 2 is 2.20 bits per heavy atom. The molecule has 0 saturated carbocycles. The summed E-state index contributed by atoms with van der Waals surface area (Å²) < 4.78 is 18.2.